The van der Waals surface area contributed by atoms with Crippen LogP contribution in [0, 0.1) is 0 Å². The van der Waals surface area contributed by atoms with Crippen LogP contribution in [0.15, 0.2) is 30.3 Å². The molecule has 0 aromatic heterocycles. The van der Waals surface area contributed by atoms with Gasteiger partial charge in [0, 0.05) is 5.56 Å². The van der Waals surface area contributed by atoms with Crippen molar-refractivity contribution in [3.05, 3.63) is 35.9 Å². The second-order valence-electron chi connectivity index (χ2n) is 4.71. The first kappa shape index (κ1) is 15.0. The summed E-state index contributed by atoms with van der Waals surface area (Å²) in [5.41, 5.74) is -0.294. The first-order chi connectivity index (χ1) is 8.85. The molecular formula is C14H18O5. The minimum absolute atomic E-state index is 0.390. The second kappa shape index (κ2) is 6.22. The third kappa shape index (κ3) is 4.62. The number of hydrogen-bond acceptors (Lipinski definition) is 4. The number of carboxylic acids is 1. The molecule has 104 valence electrons. The van der Waals surface area contributed by atoms with Crippen LogP contribution >= 0.6 is 0 Å². The molecule has 1 aromatic rings. The van der Waals surface area contributed by atoms with Gasteiger partial charge >= 0.3 is 12.1 Å². The Labute approximate surface area is 112 Å². The predicted molar refractivity (Wildman–Crippen MR) is 68.8 cm³/mol. The summed E-state index contributed by atoms with van der Waals surface area (Å²) in [5.74, 6) is -1.24. The zero-order chi connectivity index (χ0) is 14.5. The Hall–Kier alpha value is -2.04. The lowest BCUT2D eigenvalue weighted by Gasteiger charge is -2.24. The Bertz CT molecular complexity index is 438. The number of ether oxygens (including phenoxy) is 2. The van der Waals surface area contributed by atoms with Crippen LogP contribution < -0.4 is 0 Å². The van der Waals surface area contributed by atoms with Crippen molar-refractivity contribution >= 4 is 12.1 Å². The maximum atomic E-state index is 11.6. The number of rotatable bonds is 5. The Kier molecular flexibility index (Phi) is 4.92. The summed E-state index contributed by atoms with van der Waals surface area (Å²) in [6, 6.07) is 8.26. The lowest BCUT2D eigenvalue weighted by Crippen LogP contribution is -2.29. The van der Waals surface area contributed by atoms with Crippen LogP contribution in [0.3, 0.4) is 0 Å². The number of carbonyl (C=O) groups excluding carboxylic acids is 1. The summed E-state index contributed by atoms with van der Waals surface area (Å²) in [4.78, 5) is 22.7. The van der Waals surface area contributed by atoms with Crippen LogP contribution in [0.1, 0.15) is 38.9 Å². The maximum Gasteiger partial charge on any atom is 0.510 e. The van der Waals surface area contributed by atoms with Gasteiger partial charge in [0.15, 0.2) is 0 Å². The van der Waals surface area contributed by atoms with Crippen molar-refractivity contribution in [1.29, 1.82) is 0 Å². The molecule has 0 saturated heterocycles. The van der Waals surface area contributed by atoms with Gasteiger partial charge in [0.25, 0.3) is 0 Å². The van der Waals surface area contributed by atoms with Crippen molar-refractivity contribution in [1.82, 2.24) is 0 Å². The van der Waals surface area contributed by atoms with Crippen molar-refractivity contribution in [3.8, 4) is 0 Å². The van der Waals surface area contributed by atoms with E-state index in [0.29, 0.717) is 12.0 Å². The fourth-order valence-corrected chi connectivity index (χ4v) is 1.31. The van der Waals surface area contributed by atoms with Gasteiger partial charge in [-0.05, 0) is 20.3 Å². The fourth-order valence-electron chi connectivity index (χ4n) is 1.31. The molecule has 0 radical (unpaired) electrons. The van der Waals surface area contributed by atoms with Crippen molar-refractivity contribution in [2.75, 3.05) is 0 Å². The third-order valence-corrected chi connectivity index (χ3v) is 2.75. The standard InChI is InChI=1S/C14H18O5/c1-4-14(2,3)19-13(17)18-11(12(15)16)10-8-6-5-7-9-10/h5-9,11H,4H2,1-3H3,(H,15,16). The summed E-state index contributed by atoms with van der Waals surface area (Å²) in [6.45, 7) is 5.32. The van der Waals surface area contributed by atoms with Gasteiger partial charge in [0.05, 0.1) is 0 Å². The first-order valence-corrected chi connectivity index (χ1v) is 6.03. The second-order valence-corrected chi connectivity index (χ2v) is 4.71. The van der Waals surface area contributed by atoms with Gasteiger partial charge in [-0.3, -0.25) is 0 Å². The van der Waals surface area contributed by atoms with E-state index in [1.54, 1.807) is 44.2 Å². The fraction of sp³-hybridized carbons (Fsp3) is 0.429. The molecule has 0 saturated carbocycles. The summed E-state index contributed by atoms with van der Waals surface area (Å²) < 4.78 is 9.94. The van der Waals surface area contributed by atoms with E-state index in [2.05, 4.69) is 0 Å². The van der Waals surface area contributed by atoms with Gasteiger partial charge < -0.3 is 14.6 Å². The molecule has 5 heteroatoms. The van der Waals surface area contributed by atoms with E-state index in [-0.39, 0.29) is 0 Å². The van der Waals surface area contributed by atoms with Gasteiger partial charge in [0.1, 0.15) is 5.60 Å². The molecule has 0 aliphatic heterocycles. The lowest BCUT2D eigenvalue weighted by atomic mass is 10.1. The van der Waals surface area contributed by atoms with Crippen molar-refractivity contribution in [3.63, 3.8) is 0 Å². The summed E-state index contributed by atoms with van der Waals surface area (Å²) in [6.07, 6.45) is -1.74. The average molecular weight is 266 g/mol. The molecule has 1 rings (SSSR count). The normalized spacial score (nSPS) is 12.6. The van der Waals surface area contributed by atoms with E-state index in [1.807, 2.05) is 6.92 Å². The van der Waals surface area contributed by atoms with E-state index in [9.17, 15) is 9.59 Å². The van der Waals surface area contributed by atoms with E-state index >= 15 is 0 Å². The molecule has 1 unspecified atom stereocenters. The quantitative estimate of drug-likeness (QED) is 0.829. The Morgan fingerprint density at radius 2 is 1.84 bits per heavy atom. The van der Waals surface area contributed by atoms with Crippen molar-refractivity contribution < 1.29 is 24.2 Å². The molecule has 0 fully saturated rings. The Morgan fingerprint density at radius 3 is 2.32 bits per heavy atom. The molecule has 0 heterocycles. The summed E-state index contributed by atoms with van der Waals surface area (Å²) in [5, 5.41) is 9.10. The topological polar surface area (TPSA) is 72.8 Å². The zero-order valence-corrected chi connectivity index (χ0v) is 11.3. The number of hydrogen-bond donors (Lipinski definition) is 1. The largest absolute Gasteiger partial charge is 0.510 e. The van der Waals surface area contributed by atoms with Gasteiger partial charge in [-0.2, -0.15) is 0 Å². The van der Waals surface area contributed by atoms with Crippen LogP contribution in [0.25, 0.3) is 0 Å². The minimum atomic E-state index is -1.36. The molecule has 0 spiro atoms. The molecule has 1 aromatic carbocycles. The molecule has 0 bridgehead atoms. The number of benzene rings is 1. The molecule has 0 amide bonds. The Balaban J connectivity index is 2.76. The van der Waals surface area contributed by atoms with Gasteiger partial charge in [0.2, 0.25) is 6.10 Å². The van der Waals surface area contributed by atoms with Crippen molar-refractivity contribution in [2.45, 2.75) is 38.9 Å². The maximum absolute atomic E-state index is 11.6. The van der Waals surface area contributed by atoms with Gasteiger partial charge in [-0.25, -0.2) is 9.59 Å². The van der Waals surface area contributed by atoms with Crippen LogP contribution in [-0.2, 0) is 14.3 Å². The predicted octanol–water partition coefficient (Wildman–Crippen LogP) is 3.15. The smallest absolute Gasteiger partial charge is 0.478 e. The number of carboxylic acid groups (broad SMARTS) is 1. The van der Waals surface area contributed by atoms with E-state index < -0.39 is 23.8 Å². The van der Waals surface area contributed by atoms with Crippen LogP contribution in [-0.4, -0.2) is 22.8 Å². The SMILES string of the molecule is CCC(C)(C)OC(=O)OC(C(=O)O)c1ccccc1. The molecule has 0 aliphatic carbocycles. The van der Waals surface area contributed by atoms with E-state index in [4.69, 9.17) is 14.6 Å². The van der Waals surface area contributed by atoms with E-state index in [0.717, 1.165) is 0 Å². The van der Waals surface area contributed by atoms with Crippen LogP contribution in [0.2, 0.25) is 0 Å². The number of aliphatic carboxylic acids is 1. The highest BCUT2D eigenvalue weighted by atomic mass is 16.7. The Morgan fingerprint density at radius 1 is 1.26 bits per heavy atom. The molecule has 1 atom stereocenters. The average Bonchev–Trinajstić information content (AvgIpc) is 2.36. The molecule has 5 nitrogen and oxygen atoms in total. The molecule has 0 aliphatic rings. The third-order valence-electron chi connectivity index (χ3n) is 2.75. The monoisotopic (exact) mass is 266 g/mol. The van der Waals surface area contributed by atoms with E-state index in [1.165, 1.54) is 0 Å². The summed E-state index contributed by atoms with van der Waals surface area (Å²) >= 11 is 0. The molecule has 1 N–H and O–H groups in total. The highest BCUT2D eigenvalue weighted by molar-refractivity contribution is 5.77. The van der Waals surface area contributed by atoms with Crippen molar-refractivity contribution in [2.24, 2.45) is 0 Å². The first-order valence-electron chi connectivity index (χ1n) is 6.03. The lowest BCUT2D eigenvalue weighted by molar-refractivity contribution is -0.150. The number of carbonyl (C=O) groups is 2. The molecular weight excluding hydrogens is 248 g/mol. The highest BCUT2D eigenvalue weighted by Crippen LogP contribution is 2.21. The van der Waals surface area contributed by atoms with Crippen LogP contribution in [0.4, 0.5) is 4.79 Å². The van der Waals surface area contributed by atoms with Gasteiger partial charge in [-0.15, -0.1) is 0 Å². The summed E-state index contributed by atoms with van der Waals surface area (Å²) in [7, 11) is 0. The molecule has 19 heavy (non-hydrogen) atoms. The van der Waals surface area contributed by atoms with Gasteiger partial charge in [-0.1, -0.05) is 37.3 Å². The van der Waals surface area contributed by atoms with Crippen LogP contribution in [0.5, 0.6) is 0 Å². The zero-order valence-electron chi connectivity index (χ0n) is 11.3. The highest BCUT2D eigenvalue weighted by Gasteiger charge is 2.28. The minimum Gasteiger partial charge on any atom is -0.478 e.